The van der Waals surface area contributed by atoms with Crippen LogP contribution in [0.15, 0.2) is 12.3 Å². The van der Waals surface area contributed by atoms with Crippen LogP contribution in [-0.2, 0) is 0 Å². The summed E-state index contributed by atoms with van der Waals surface area (Å²) in [5, 5.41) is 22.8. The molecule has 0 saturated heterocycles. The van der Waals surface area contributed by atoms with Crippen molar-refractivity contribution in [2.45, 2.75) is 39.5 Å². The molecule has 0 radical (unpaired) electrons. The van der Waals surface area contributed by atoms with Crippen LogP contribution in [0.3, 0.4) is 0 Å². The van der Waals surface area contributed by atoms with Crippen molar-refractivity contribution in [1.82, 2.24) is 4.98 Å². The Morgan fingerprint density at radius 3 is 2.76 bits per heavy atom. The first kappa shape index (κ1) is 16.9. The van der Waals surface area contributed by atoms with Gasteiger partial charge in [-0.2, -0.15) is 0 Å². The molecule has 7 heteroatoms. The second-order valence-corrected chi connectivity index (χ2v) is 4.95. The van der Waals surface area contributed by atoms with Crippen molar-refractivity contribution >= 4 is 17.5 Å². The SMILES string of the molecule is CCCCC(CC)CNc1ncc([N+](=O)[O-])cc1C(=O)O. The van der Waals surface area contributed by atoms with Crippen molar-refractivity contribution in [2.75, 3.05) is 11.9 Å². The molecular weight excluding hydrogens is 274 g/mol. The van der Waals surface area contributed by atoms with E-state index in [1.165, 1.54) is 0 Å². The van der Waals surface area contributed by atoms with Gasteiger partial charge in [-0.3, -0.25) is 10.1 Å². The molecule has 1 heterocycles. The molecule has 1 aromatic heterocycles. The van der Waals surface area contributed by atoms with Crippen LogP contribution in [0, 0.1) is 16.0 Å². The van der Waals surface area contributed by atoms with Crippen LogP contribution >= 0.6 is 0 Å². The quantitative estimate of drug-likeness (QED) is 0.534. The Bertz CT molecular complexity index is 505. The second kappa shape index (κ2) is 8.18. The lowest BCUT2D eigenvalue weighted by atomic mass is 9.99. The molecule has 1 rings (SSSR count). The smallest absolute Gasteiger partial charge is 0.339 e. The molecule has 0 saturated carbocycles. The zero-order chi connectivity index (χ0) is 15.8. The molecule has 0 amide bonds. The monoisotopic (exact) mass is 295 g/mol. The van der Waals surface area contributed by atoms with E-state index in [-0.39, 0.29) is 17.1 Å². The molecule has 0 bridgehead atoms. The molecule has 2 N–H and O–H groups in total. The summed E-state index contributed by atoms with van der Waals surface area (Å²) in [6, 6.07) is 1.03. The van der Waals surface area contributed by atoms with Crippen LogP contribution in [0.1, 0.15) is 49.9 Å². The van der Waals surface area contributed by atoms with Gasteiger partial charge in [0.25, 0.3) is 5.69 Å². The summed E-state index contributed by atoms with van der Waals surface area (Å²) in [6.45, 7) is 4.82. The molecule has 1 atom stereocenters. The highest BCUT2D eigenvalue weighted by atomic mass is 16.6. The maximum Gasteiger partial charge on any atom is 0.339 e. The van der Waals surface area contributed by atoms with Crippen molar-refractivity contribution < 1.29 is 14.8 Å². The van der Waals surface area contributed by atoms with E-state index in [1.807, 2.05) is 0 Å². The fourth-order valence-corrected chi connectivity index (χ4v) is 2.04. The van der Waals surface area contributed by atoms with E-state index >= 15 is 0 Å². The number of aromatic nitrogens is 1. The predicted molar refractivity (Wildman–Crippen MR) is 79.6 cm³/mol. The molecule has 0 fully saturated rings. The van der Waals surface area contributed by atoms with Gasteiger partial charge in [0.1, 0.15) is 17.6 Å². The maximum absolute atomic E-state index is 11.2. The predicted octanol–water partition coefficient (Wildman–Crippen LogP) is 3.32. The third kappa shape index (κ3) is 5.02. The van der Waals surface area contributed by atoms with Crippen LogP contribution in [0.25, 0.3) is 0 Å². The molecule has 7 nitrogen and oxygen atoms in total. The summed E-state index contributed by atoms with van der Waals surface area (Å²) in [5.74, 6) is -0.609. The van der Waals surface area contributed by atoms with Crippen LogP contribution in [-0.4, -0.2) is 27.5 Å². The summed E-state index contributed by atoms with van der Waals surface area (Å²) in [6.07, 6.45) is 5.37. The Hall–Kier alpha value is -2.18. The summed E-state index contributed by atoms with van der Waals surface area (Å²) in [7, 11) is 0. The van der Waals surface area contributed by atoms with Gasteiger partial charge >= 0.3 is 5.97 Å². The number of hydrogen-bond acceptors (Lipinski definition) is 5. The zero-order valence-corrected chi connectivity index (χ0v) is 12.3. The first-order valence-electron chi connectivity index (χ1n) is 7.11. The standard InChI is InChI=1S/C14H21N3O4/c1-3-5-6-10(4-2)8-15-13-12(14(18)19)7-11(9-16-13)17(20)21/h7,9-10H,3-6,8H2,1-2H3,(H,15,16)(H,18,19). The minimum absolute atomic E-state index is 0.172. The number of hydrogen-bond donors (Lipinski definition) is 2. The highest BCUT2D eigenvalue weighted by Gasteiger charge is 2.18. The van der Waals surface area contributed by atoms with Crippen molar-refractivity contribution in [3.63, 3.8) is 0 Å². The van der Waals surface area contributed by atoms with Gasteiger partial charge in [0.2, 0.25) is 0 Å². The van der Waals surface area contributed by atoms with Gasteiger partial charge in [-0.05, 0) is 12.3 Å². The van der Waals surface area contributed by atoms with E-state index in [2.05, 4.69) is 24.1 Å². The van der Waals surface area contributed by atoms with Crippen molar-refractivity contribution in [2.24, 2.45) is 5.92 Å². The Balaban J connectivity index is 2.82. The average Bonchev–Trinajstić information content (AvgIpc) is 2.47. The summed E-state index contributed by atoms with van der Waals surface area (Å²) >= 11 is 0. The zero-order valence-electron chi connectivity index (χ0n) is 12.3. The van der Waals surface area contributed by atoms with Crippen LogP contribution in [0.2, 0.25) is 0 Å². The number of carbonyl (C=O) groups is 1. The lowest BCUT2D eigenvalue weighted by Gasteiger charge is -2.16. The number of carboxylic acids is 1. The number of anilines is 1. The fraction of sp³-hybridized carbons (Fsp3) is 0.571. The van der Waals surface area contributed by atoms with Gasteiger partial charge in [0.05, 0.1) is 4.92 Å². The molecule has 1 aromatic rings. The summed E-state index contributed by atoms with van der Waals surface area (Å²) in [4.78, 5) is 25.1. The summed E-state index contributed by atoms with van der Waals surface area (Å²) in [5.41, 5.74) is -0.495. The third-order valence-electron chi connectivity index (χ3n) is 3.42. The van der Waals surface area contributed by atoms with E-state index in [0.717, 1.165) is 37.9 Å². The van der Waals surface area contributed by atoms with Crippen LogP contribution in [0.4, 0.5) is 11.5 Å². The van der Waals surface area contributed by atoms with E-state index in [1.54, 1.807) is 0 Å². The van der Waals surface area contributed by atoms with Crippen molar-refractivity contribution in [1.29, 1.82) is 0 Å². The number of rotatable bonds is 9. The largest absolute Gasteiger partial charge is 0.478 e. The number of nitro groups is 1. The topological polar surface area (TPSA) is 105 Å². The van der Waals surface area contributed by atoms with Gasteiger partial charge in [-0.25, -0.2) is 9.78 Å². The van der Waals surface area contributed by atoms with Gasteiger partial charge < -0.3 is 10.4 Å². The van der Waals surface area contributed by atoms with Gasteiger partial charge in [-0.15, -0.1) is 0 Å². The molecule has 116 valence electrons. The van der Waals surface area contributed by atoms with Gasteiger partial charge in [0.15, 0.2) is 0 Å². The summed E-state index contributed by atoms with van der Waals surface area (Å²) < 4.78 is 0. The molecule has 0 spiro atoms. The number of carboxylic acid groups (broad SMARTS) is 1. The molecule has 21 heavy (non-hydrogen) atoms. The number of nitrogens with one attached hydrogen (secondary N) is 1. The Morgan fingerprint density at radius 1 is 1.52 bits per heavy atom. The number of pyridine rings is 1. The third-order valence-corrected chi connectivity index (χ3v) is 3.42. The highest BCUT2D eigenvalue weighted by molar-refractivity contribution is 5.93. The number of unbranched alkanes of at least 4 members (excludes halogenated alkanes) is 1. The molecule has 1 unspecified atom stereocenters. The van der Waals surface area contributed by atoms with Crippen LogP contribution in [0.5, 0.6) is 0 Å². The number of aromatic carboxylic acids is 1. The second-order valence-electron chi connectivity index (χ2n) is 4.95. The Kier molecular flexibility index (Phi) is 6.58. The normalized spacial score (nSPS) is 11.9. The first-order chi connectivity index (χ1) is 9.99. The maximum atomic E-state index is 11.2. The minimum Gasteiger partial charge on any atom is -0.478 e. The van der Waals surface area contributed by atoms with E-state index in [4.69, 9.17) is 5.11 Å². The van der Waals surface area contributed by atoms with Crippen molar-refractivity contribution in [3.05, 3.63) is 27.9 Å². The van der Waals surface area contributed by atoms with E-state index in [9.17, 15) is 14.9 Å². The highest BCUT2D eigenvalue weighted by Crippen LogP contribution is 2.20. The van der Waals surface area contributed by atoms with Gasteiger partial charge in [-0.1, -0.05) is 33.1 Å². The Labute approximate surface area is 123 Å². The minimum atomic E-state index is -1.23. The van der Waals surface area contributed by atoms with Crippen molar-refractivity contribution in [3.8, 4) is 0 Å². The average molecular weight is 295 g/mol. The molecule has 0 aliphatic rings. The lowest BCUT2D eigenvalue weighted by molar-refractivity contribution is -0.385. The molecule has 0 aromatic carbocycles. The van der Waals surface area contributed by atoms with Crippen LogP contribution < -0.4 is 5.32 Å². The first-order valence-corrected chi connectivity index (χ1v) is 7.11. The lowest BCUT2D eigenvalue weighted by Crippen LogP contribution is -2.17. The van der Waals surface area contributed by atoms with E-state index in [0.29, 0.717) is 12.5 Å². The van der Waals surface area contributed by atoms with E-state index < -0.39 is 10.9 Å². The molecule has 0 aliphatic heterocycles. The fourth-order valence-electron chi connectivity index (χ4n) is 2.04. The van der Waals surface area contributed by atoms with Gasteiger partial charge in [0, 0.05) is 12.6 Å². The Morgan fingerprint density at radius 2 is 2.24 bits per heavy atom. The molecule has 0 aliphatic carbocycles. The number of nitrogens with zero attached hydrogens (tertiary/aromatic N) is 2. The molecular formula is C14H21N3O4.